The summed E-state index contributed by atoms with van der Waals surface area (Å²) in [4.78, 5) is 4.53. The SMILES string of the molecule is Clc1ccc2nc(-c3ccc4c(c3)CCCN4)oc2c1. The van der Waals surface area contributed by atoms with Gasteiger partial charge >= 0.3 is 0 Å². The van der Waals surface area contributed by atoms with E-state index in [1.54, 1.807) is 6.07 Å². The summed E-state index contributed by atoms with van der Waals surface area (Å²) in [5.74, 6) is 0.649. The molecule has 20 heavy (non-hydrogen) atoms. The molecule has 4 heteroatoms. The first-order valence-electron chi connectivity index (χ1n) is 6.73. The second-order valence-electron chi connectivity index (χ2n) is 5.03. The van der Waals surface area contributed by atoms with Crippen LogP contribution in [0.2, 0.25) is 5.02 Å². The Morgan fingerprint density at radius 2 is 2.10 bits per heavy atom. The largest absolute Gasteiger partial charge is 0.436 e. The van der Waals surface area contributed by atoms with Gasteiger partial charge in [-0.1, -0.05) is 11.6 Å². The monoisotopic (exact) mass is 284 g/mol. The number of halogens is 1. The molecule has 0 unspecified atom stereocenters. The maximum atomic E-state index is 5.97. The number of aromatic nitrogens is 1. The molecule has 0 bridgehead atoms. The molecule has 0 radical (unpaired) electrons. The van der Waals surface area contributed by atoms with Crippen LogP contribution in [-0.4, -0.2) is 11.5 Å². The first-order chi connectivity index (χ1) is 9.79. The van der Waals surface area contributed by atoms with Gasteiger partial charge in [0.15, 0.2) is 5.58 Å². The molecule has 4 rings (SSSR count). The van der Waals surface area contributed by atoms with Gasteiger partial charge in [-0.2, -0.15) is 0 Å². The smallest absolute Gasteiger partial charge is 0.227 e. The van der Waals surface area contributed by atoms with Crippen molar-refractivity contribution in [3.05, 3.63) is 47.0 Å². The summed E-state index contributed by atoms with van der Waals surface area (Å²) in [5, 5.41) is 4.07. The Balaban J connectivity index is 1.82. The van der Waals surface area contributed by atoms with Crippen LogP contribution in [0.4, 0.5) is 5.69 Å². The van der Waals surface area contributed by atoms with Crippen molar-refractivity contribution in [2.24, 2.45) is 0 Å². The van der Waals surface area contributed by atoms with E-state index in [-0.39, 0.29) is 0 Å². The number of oxazole rings is 1. The third kappa shape index (κ3) is 1.95. The minimum absolute atomic E-state index is 0.649. The van der Waals surface area contributed by atoms with E-state index >= 15 is 0 Å². The maximum absolute atomic E-state index is 5.97. The van der Waals surface area contributed by atoms with Gasteiger partial charge in [-0.05, 0) is 48.7 Å². The summed E-state index contributed by atoms with van der Waals surface area (Å²) in [6, 6.07) is 11.8. The molecule has 0 fully saturated rings. The highest BCUT2D eigenvalue weighted by Crippen LogP contribution is 2.30. The minimum Gasteiger partial charge on any atom is -0.436 e. The van der Waals surface area contributed by atoms with Gasteiger partial charge < -0.3 is 9.73 Å². The van der Waals surface area contributed by atoms with Gasteiger partial charge in [-0.3, -0.25) is 0 Å². The van der Waals surface area contributed by atoms with Gasteiger partial charge in [0, 0.05) is 28.9 Å². The van der Waals surface area contributed by atoms with Crippen LogP contribution in [-0.2, 0) is 6.42 Å². The molecule has 1 N–H and O–H groups in total. The van der Waals surface area contributed by atoms with Crippen LogP contribution in [0.3, 0.4) is 0 Å². The Morgan fingerprint density at radius 1 is 1.15 bits per heavy atom. The van der Waals surface area contributed by atoms with Gasteiger partial charge in [0.1, 0.15) is 5.52 Å². The zero-order chi connectivity index (χ0) is 13.5. The van der Waals surface area contributed by atoms with E-state index in [9.17, 15) is 0 Å². The average molecular weight is 285 g/mol. The lowest BCUT2D eigenvalue weighted by molar-refractivity contribution is 0.619. The molecule has 0 amide bonds. The van der Waals surface area contributed by atoms with Crippen LogP contribution in [0.15, 0.2) is 40.8 Å². The van der Waals surface area contributed by atoms with E-state index in [0.717, 1.165) is 29.6 Å². The highest BCUT2D eigenvalue weighted by atomic mass is 35.5. The summed E-state index contributed by atoms with van der Waals surface area (Å²) in [6.07, 6.45) is 2.27. The van der Waals surface area contributed by atoms with Gasteiger partial charge in [0.25, 0.3) is 0 Å². The molecule has 100 valence electrons. The molecule has 3 aromatic rings. The van der Waals surface area contributed by atoms with E-state index in [1.807, 2.05) is 18.2 Å². The Bertz CT molecular complexity index is 794. The highest BCUT2D eigenvalue weighted by molar-refractivity contribution is 6.31. The molecule has 1 aliphatic heterocycles. The van der Waals surface area contributed by atoms with Gasteiger partial charge in [0.05, 0.1) is 0 Å². The van der Waals surface area contributed by atoms with Crippen LogP contribution in [0.5, 0.6) is 0 Å². The van der Waals surface area contributed by atoms with Crippen LogP contribution >= 0.6 is 11.6 Å². The number of rotatable bonds is 1. The lowest BCUT2D eigenvalue weighted by Gasteiger charge is -2.17. The number of hydrogen-bond donors (Lipinski definition) is 1. The van der Waals surface area contributed by atoms with Crippen molar-refractivity contribution < 1.29 is 4.42 Å². The molecule has 0 aliphatic carbocycles. The van der Waals surface area contributed by atoms with Crippen molar-refractivity contribution in [3.63, 3.8) is 0 Å². The molecule has 1 aliphatic rings. The summed E-state index contributed by atoms with van der Waals surface area (Å²) in [7, 11) is 0. The third-order valence-electron chi connectivity index (χ3n) is 3.64. The van der Waals surface area contributed by atoms with Crippen molar-refractivity contribution >= 4 is 28.4 Å². The van der Waals surface area contributed by atoms with Crippen LogP contribution in [0, 0.1) is 0 Å². The Labute approximate surface area is 121 Å². The van der Waals surface area contributed by atoms with Crippen molar-refractivity contribution in [1.82, 2.24) is 4.98 Å². The predicted octanol–water partition coefficient (Wildman–Crippen LogP) is 4.51. The average Bonchev–Trinajstić information content (AvgIpc) is 2.89. The van der Waals surface area contributed by atoms with Crippen molar-refractivity contribution in [3.8, 4) is 11.5 Å². The zero-order valence-corrected chi connectivity index (χ0v) is 11.6. The molecule has 0 atom stereocenters. The van der Waals surface area contributed by atoms with Crippen molar-refractivity contribution in [2.75, 3.05) is 11.9 Å². The Hall–Kier alpha value is -2.00. The number of anilines is 1. The molecular weight excluding hydrogens is 272 g/mol. The molecular formula is C16H13ClN2O. The van der Waals surface area contributed by atoms with Gasteiger partial charge in [-0.15, -0.1) is 0 Å². The standard InChI is InChI=1S/C16H13ClN2O/c17-12-4-6-14-15(9-12)20-16(19-14)11-3-5-13-10(8-11)2-1-7-18-13/h3-6,8-9,18H,1-2,7H2. The van der Waals surface area contributed by atoms with E-state index in [4.69, 9.17) is 16.0 Å². The summed E-state index contributed by atoms with van der Waals surface area (Å²) in [5.41, 5.74) is 5.12. The second kappa shape index (κ2) is 4.53. The van der Waals surface area contributed by atoms with E-state index in [1.165, 1.54) is 17.7 Å². The lowest BCUT2D eigenvalue weighted by Crippen LogP contribution is -2.11. The molecule has 2 heterocycles. The first-order valence-corrected chi connectivity index (χ1v) is 7.11. The van der Waals surface area contributed by atoms with Gasteiger partial charge in [0.2, 0.25) is 5.89 Å². The number of nitrogens with zero attached hydrogens (tertiary/aromatic N) is 1. The predicted molar refractivity (Wildman–Crippen MR) is 81.3 cm³/mol. The highest BCUT2D eigenvalue weighted by Gasteiger charge is 2.13. The van der Waals surface area contributed by atoms with E-state index in [2.05, 4.69) is 22.4 Å². The fourth-order valence-electron chi connectivity index (χ4n) is 2.63. The van der Waals surface area contributed by atoms with E-state index < -0.39 is 0 Å². The number of fused-ring (bicyclic) bond motifs is 2. The number of aryl methyl sites for hydroxylation is 1. The number of nitrogens with one attached hydrogen (secondary N) is 1. The molecule has 0 saturated carbocycles. The van der Waals surface area contributed by atoms with Crippen LogP contribution in [0.1, 0.15) is 12.0 Å². The quantitative estimate of drug-likeness (QED) is 0.714. The van der Waals surface area contributed by atoms with Crippen LogP contribution in [0.25, 0.3) is 22.6 Å². The van der Waals surface area contributed by atoms with Gasteiger partial charge in [-0.25, -0.2) is 4.98 Å². The van der Waals surface area contributed by atoms with E-state index in [0.29, 0.717) is 10.9 Å². The number of benzene rings is 2. The van der Waals surface area contributed by atoms with Crippen molar-refractivity contribution in [2.45, 2.75) is 12.8 Å². The summed E-state index contributed by atoms with van der Waals surface area (Å²) >= 11 is 5.97. The first kappa shape index (κ1) is 11.8. The molecule has 3 nitrogen and oxygen atoms in total. The Morgan fingerprint density at radius 3 is 3.05 bits per heavy atom. The Kier molecular flexibility index (Phi) is 2.67. The fourth-order valence-corrected chi connectivity index (χ4v) is 2.79. The van der Waals surface area contributed by atoms with Crippen molar-refractivity contribution in [1.29, 1.82) is 0 Å². The normalized spacial score (nSPS) is 14.1. The molecule has 0 spiro atoms. The zero-order valence-electron chi connectivity index (χ0n) is 10.8. The summed E-state index contributed by atoms with van der Waals surface area (Å²) in [6.45, 7) is 1.05. The minimum atomic E-state index is 0.649. The maximum Gasteiger partial charge on any atom is 0.227 e. The molecule has 1 aromatic heterocycles. The topological polar surface area (TPSA) is 38.1 Å². The summed E-state index contributed by atoms with van der Waals surface area (Å²) < 4.78 is 5.81. The second-order valence-corrected chi connectivity index (χ2v) is 5.47. The molecule has 2 aromatic carbocycles. The lowest BCUT2D eigenvalue weighted by atomic mass is 10.0. The molecule has 0 saturated heterocycles. The fraction of sp³-hybridized carbons (Fsp3) is 0.188. The number of hydrogen-bond acceptors (Lipinski definition) is 3. The third-order valence-corrected chi connectivity index (χ3v) is 3.88. The van der Waals surface area contributed by atoms with Crippen LogP contribution < -0.4 is 5.32 Å².